The molecule has 18 nitrogen and oxygen atoms in total. The second-order valence-corrected chi connectivity index (χ2v) is 22.7. The van der Waals surface area contributed by atoms with Crippen LogP contribution in [0.5, 0.6) is 6.01 Å². The lowest BCUT2D eigenvalue weighted by atomic mass is 9.80. The number of fused-ring (bicyclic) bond motifs is 4. The van der Waals surface area contributed by atoms with Gasteiger partial charge in [0.2, 0.25) is 41.4 Å². The molecule has 18 heteroatoms. The Kier molecular flexibility index (Phi) is 18.6. The number of nitrogens with one attached hydrogen (secondary N) is 4. The number of carbonyl (C=O) groups excluding carboxylic acids is 7. The van der Waals surface area contributed by atoms with Crippen LogP contribution in [-0.4, -0.2) is 141 Å². The summed E-state index contributed by atoms with van der Waals surface area (Å²) in [7, 11) is 4.48. The molecule has 1 saturated heterocycles. The van der Waals surface area contributed by atoms with Crippen molar-refractivity contribution in [3.05, 3.63) is 90.8 Å². The molecule has 0 spiro atoms. The first kappa shape index (κ1) is 57.6. The molecule has 0 radical (unpaired) electrons. The number of carbonyl (C=O) groups is 7. The first-order valence-electron chi connectivity index (χ1n) is 27.3. The highest BCUT2D eigenvalue weighted by Gasteiger charge is 2.42. The Balaban J connectivity index is 1.37. The van der Waals surface area contributed by atoms with E-state index in [-0.39, 0.29) is 62.4 Å². The van der Waals surface area contributed by atoms with Crippen molar-refractivity contribution < 1.29 is 38.3 Å². The second-order valence-electron chi connectivity index (χ2n) is 22.7. The molecule has 4 heterocycles. The van der Waals surface area contributed by atoms with E-state index < -0.39 is 89.2 Å². The van der Waals surface area contributed by atoms with Crippen molar-refractivity contribution in [3.63, 3.8) is 0 Å². The maximum Gasteiger partial charge on any atom is 0.316 e. The summed E-state index contributed by atoms with van der Waals surface area (Å²) in [5.41, 5.74) is 2.16. The van der Waals surface area contributed by atoms with Crippen molar-refractivity contribution in [1.29, 1.82) is 0 Å². The molecule has 4 aromatic rings. The zero-order valence-corrected chi connectivity index (χ0v) is 46.6. The van der Waals surface area contributed by atoms with Crippen LogP contribution in [-0.2, 0) is 51.9 Å². The average molecular weight is 1060 g/mol. The number of para-hydroxylation sites is 2. The molecule has 77 heavy (non-hydrogen) atoms. The van der Waals surface area contributed by atoms with Gasteiger partial charge >= 0.3 is 6.01 Å². The Bertz CT molecular complexity index is 2870. The fourth-order valence-corrected chi connectivity index (χ4v) is 10.8. The Morgan fingerprint density at radius 2 is 1.40 bits per heavy atom. The normalized spacial score (nSPS) is 24.6. The molecule has 2 fully saturated rings. The van der Waals surface area contributed by atoms with Crippen LogP contribution >= 0.6 is 0 Å². The summed E-state index contributed by atoms with van der Waals surface area (Å²) in [6.07, 6.45) is 13.2. The fourth-order valence-electron chi connectivity index (χ4n) is 10.8. The van der Waals surface area contributed by atoms with Crippen LogP contribution in [0.1, 0.15) is 111 Å². The molecule has 2 aromatic carbocycles. The molecular formula is C59H80N10O8. The van der Waals surface area contributed by atoms with Crippen LogP contribution < -0.4 is 26.0 Å². The lowest BCUT2D eigenvalue weighted by molar-refractivity contribution is -0.150. The first-order chi connectivity index (χ1) is 36.6. The zero-order valence-electron chi connectivity index (χ0n) is 46.6. The predicted octanol–water partition coefficient (Wildman–Crippen LogP) is 5.76. The van der Waals surface area contributed by atoms with Gasteiger partial charge in [0.15, 0.2) is 0 Å². The number of hydrogen-bond donors (Lipinski definition) is 4. The first-order valence-corrected chi connectivity index (χ1v) is 27.3. The van der Waals surface area contributed by atoms with Gasteiger partial charge < -0.3 is 45.3 Å². The Morgan fingerprint density at radius 3 is 2.08 bits per heavy atom. The number of allylic oxidation sites excluding steroid dienone is 1. The second kappa shape index (κ2) is 24.9. The summed E-state index contributed by atoms with van der Waals surface area (Å²) in [5, 5.41) is 13.5. The van der Waals surface area contributed by atoms with Crippen molar-refractivity contribution in [2.45, 2.75) is 161 Å². The highest BCUT2D eigenvalue weighted by atomic mass is 16.5. The number of methoxy groups -OCH3 is 1. The third kappa shape index (κ3) is 13.4. The van der Waals surface area contributed by atoms with E-state index in [2.05, 4.69) is 42.4 Å². The van der Waals surface area contributed by atoms with E-state index in [9.17, 15) is 9.59 Å². The van der Waals surface area contributed by atoms with Crippen molar-refractivity contribution >= 4 is 63.2 Å². The minimum Gasteiger partial charge on any atom is -0.467 e. The van der Waals surface area contributed by atoms with Gasteiger partial charge in [0.1, 0.15) is 42.3 Å². The van der Waals surface area contributed by atoms with E-state index in [1.807, 2.05) is 96.3 Å². The summed E-state index contributed by atoms with van der Waals surface area (Å²) in [6, 6.07) is 5.22. The number of likely N-dealkylation sites (N-methyl/N-ethyl adjacent to an activating group) is 2. The number of nitrogens with zero attached hydrogens (tertiary/aromatic N) is 6. The Hall–Kier alpha value is -7.11. The van der Waals surface area contributed by atoms with Crippen LogP contribution in [0, 0.1) is 17.8 Å². The lowest BCUT2D eigenvalue weighted by Gasteiger charge is -2.39. The number of aromatic nitrogens is 3. The summed E-state index contributed by atoms with van der Waals surface area (Å²) in [4.78, 5) is 118. The van der Waals surface area contributed by atoms with E-state index in [0.717, 1.165) is 35.7 Å². The SMILES string of the molecule is C=CC(C)(C)n1cc(C[C@@H]2NC(=O)[C@H](CC3CCC3)NC(=O)[C@H](CC(C)C)N3CC/C=C\C[C@@H](C3=O)N(C)C(=O)[C@H](C)NC(=O)[C@H](Cc3cccc4cnc(OC)nc34)NC(=O)[C@H](CC(C)C)N(C)C2=O)c2ccccc21. The van der Waals surface area contributed by atoms with Crippen molar-refractivity contribution in [3.8, 4) is 6.01 Å². The predicted molar refractivity (Wildman–Crippen MR) is 296 cm³/mol. The van der Waals surface area contributed by atoms with Gasteiger partial charge in [-0.25, -0.2) is 4.98 Å². The third-order valence-electron chi connectivity index (χ3n) is 15.7. The maximum atomic E-state index is 15.6. The maximum absolute atomic E-state index is 15.6. The molecule has 7 amide bonds. The number of hydrogen-bond acceptors (Lipinski definition) is 10. The van der Waals surface area contributed by atoms with E-state index in [1.165, 1.54) is 42.8 Å². The molecule has 0 unspecified atom stereocenters. The standard InChI is InChI=1S/C59H80N10O8/c1-12-59(7,8)69-34-41(42-24-15-16-25-46(42)69)32-45-56(75)67(10)48(28-35(2)3)53(72)63-44(31-39-22-19-23-40-33-60-58(77-11)65-50(39)40)51(70)61-37(6)55(74)66(9)47-26-14-13-17-27-68(57(47)76)49(29-36(4)5)54(73)62-43(52(71)64-45)30-38-20-18-21-38/h12-16,19,22-25,33-38,43-45,47-49H,1,17-18,20-21,26-32H2,2-11H3,(H,61,70)(H,62,73)(H,63,72)(H,64,71)/b14-13-/t37-,43-,44-,45-,47-,48-,49-/m0/s1. The van der Waals surface area contributed by atoms with Gasteiger partial charge in [-0.05, 0) is 87.8 Å². The van der Waals surface area contributed by atoms with Crippen LogP contribution in [0.15, 0.2) is 79.7 Å². The van der Waals surface area contributed by atoms with Gasteiger partial charge in [-0.2, -0.15) is 4.98 Å². The minimum absolute atomic E-state index is 0.0137. The summed E-state index contributed by atoms with van der Waals surface area (Å²) >= 11 is 0. The quantitative estimate of drug-likeness (QED) is 0.119. The third-order valence-corrected chi connectivity index (χ3v) is 15.7. The van der Waals surface area contributed by atoms with E-state index >= 15 is 24.0 Å². The molecule has 3 aliphatic rings. The molecule has 414 valence electrons. The highest BCUT2D eigenvalue weighted by molar-refractivity contribution is 5.99. The molecule has 7 atom stereocenters. The van der Waals surface area contributed by atoms with E-state index in [4.69, 9.17) is 4.74 Å². The van der Waals surface area contributed by atoms with Gasteiger partial charge in [0.05, 0.1) is 18.2 Å². The molecule has 2 aromatic heterocycles. The molecule has 7 rings (SSSR count). The largest absolute Gasteiger partial charge is 0.467 e. The van der Waals surface area contributed by atoms with E-state index in [1.54, 1.807) is 18.3 Å². The summed E-state index contributed by atoms with van der Waals surface area (Å²) in [5.74, 6) is -4.07. The summed E-state index contributed by atoms with van der Waals surface area (Å²) < 4.78 is 7.44. The van der Waals surface area contributed by atoms with Crippen LogP contribution in [0.3, 0.4) is 0 Å². The molecule has 2 bridgehead atoms. The van der Waals surface area contributed by atoms with Crippen molar-refractivity contribution in [2.75, 3.05) is 27.7 Å². The van der Waals surface area contributed by atoms with E-state index in [0.29, 0.717) is 29.3 Å². The molecule has 1 aliphatic carbocycles. The van der Waals surface area contributed by atoms with Crippen LogP contribution in [0.25, 0.3) is 21.8 Å². The number of ether oxygens (including phenoxy) is 1. The molecular weight excluding hydrogens is 977 g/mol. The Morgan fingerprint density at radius 1 is 0.753 bits per heavy atom. The van der Waals surface area contributed by atoms with Gasteiger partial charge in [0, 0.05) is 62.2 Å². The number of rotatable bonds is 13. The zero-order chi connectivity index (χ0) is 55.9. The van der Waals surface area contributed by atoms with Gasteiger partial charge in [-0.3, -0.25) is 33.6 Å². The van der Waals surface area contributed by atoms with Gasteiger partial charge in [0.25, 0.3) is 0 Å². The fraction of sp³-hybridized carbons (Fsp3) is 0.542. The lowest BCUT2D eigenvalue weighted by Crippen LogP contribution is -2.61. The number of benzene rings is 2. The average Bonchev–Trinajstić information content (AvgIpc) is 3.76. The minimum atomic E-state index is -1.32. The Labute approximate surface area is 453 Å². The van der Waals surface area contributed by atoms with Gasteiger partial charge in [-0.1, -0.05) is 102 Å². The molecule has 1 saturated carbocycles. The highest BCUT2D eigenvalue weighted by Crippen LogP contribution is 2.33. The topological polar surface area (TPSA) is 217 Å². The van der Waals surface area contributed by atoms with Crippen LogP contribution in [0.4, 0.5) is 0 Å². The van der Waals surface area contributed by atoms with Gasteiger partial charge in [-0.15, -0.1) is 6.58 Å². The van der Waals surface area contributed by atoms with Crippen molar-refractivity contribution in [2.24, 2.45) is 17.8 Å². The number of amides is 7. The van der Waals surface area contributed by atoms with Crippen molar-refractivity contribution in [1.82, 2.24) is 50.5 Å². The van der Waals surface area contributed by atoms with Crippen LogP contribution in [0.2, 0.25) is 0 Å². The molecule has 4 N–H and O–H groups in total. The monoisotopic (exact) mass is 1060 g/mol. The molecule has 2 aliphatic heterocycles. The summed E-state index contributed by atoms with van der Waals surface area (Å²) in [6.45, 7) is 17.6. The smallest absolute Gasteiger partial charge is 0.316 e.